The molecule has 1 heterocycles. The topological polar surface area (TPSA) is 113 Å². The Morgan fingerprint density at radius 3 is 2.13 bits per heavy atom. The predicted octanol–water partition coefficient (Wildman–Crippen LogP) is 1.08. The summed E-state index contributed by atoms with van der Waals surface area (Å²) in [6.07, 6.45) is 0. The Kier molecular flexibility index (Phi) is 6.21. The molecule has 1 saturated heterocycles. The smallest absolute Gasteiger partial charge is 0.337 e. The normalized spacial score (nSPS) is 13.6. The van der Waals surface area contributed by atoms with E-state index in [2.05, 4.69) is 10.1 Å². The molecular weight excluding hydrogens is 390 g/mol. The molecule has 30 heavy (non-hydrogen) atoms. The van der Waals surface area contributed by atoms with Crippen molar-refractivity contribution in [3.05, 3.63) is 71.3 Å². The monoisotopic (exact) mass is 409 g/mol. The van der Waals surface area contributed by atoms with E-state index in [-0.39, 0.29) is 13.1 Å². The molecule has 2 aromatic carbocycles. The van der Waals surface area contributed by atoms with Gasteiger partial charge in [0.1, 0.15) is 6.54 Å². The number of nitrogens with one attached hydrogen (secondary N) is 1. The summed E-state index contributed by atoms with van der Waals surface area (Å²) < 4.78 is 4.61. The lowest BCUT2D eigenvalue weighted by molar-refractivity contribution is -0.144. The van der Waals surface area contributed by atoms with Crippen molar-refractivity contribution >= 4 is 29.7 Å². The van der Waals surface area contributed by atoms with Gasteiger partial charge in [-0.15, -0.1) is 0 Å². The van der Waals surface area contributed by atoms with Gasteiger partial charge in [0, 0.05) is 6.54 Å². The number of ether oxygens (including phenoxy) is 1. The summed E-state index contributed by atoms with van der Waals surface area (Å²) in [5.74, 6) is -3.06. The number of hydrogen-bond donors (Lipinski definition) is 1. The second kappa shape index (κ2) is 8.99. The molecule has 0 bridgehead atoms. The molecule has 0 aromatic heterocycles. The third kappa shape index (κ3) is 4.52. The van der Waals surface area contributed by atoms with Crippen molar-refractivity contribution in [1.82, 2.24) is 15.1 Å². The van der Waals surface area contributed by atoms with Gasteiger partial charge >= 0.3 is 23.8 Å². The number of carbonyl (C=O) groups is 5. The molecule has 3 rings (SSSR count). The van der Waals surface area contributed by atoms with Gasteiger partial charge in [0.15, 0.2) is 0 Å². The van der Waals surface area contributed by atoms with Crippen molar-refractivity contribution in [2.75, 3.05) is 13.7 Å². The summed E-state index contributed by atoms with van der Waals surface area (Å²) in [6.45, 7) is -0.484. The number of hydrogen-bond acceptors (Lipinski definition) is 6. The van der Waals surface area contributed by atoms with Crippen LogP contribution in [0, 0.1) is 0 Å². The number of rotatable bonds is 7. The Balaban J connectivity index is 1.56. The van der Waals surface area contributed by atoms with Crippen LogP contribution in [0.25, 0.3) is 0 Å². The molecular formula is C21H19N3O6. The number of esters is 1. The highest BCUT2D eigenvalue weighted by atomic mass is 16.5. The van der Waals surface area contributed by atoms with Gasteiger partial charge in [-0.3, -0.25) is 19.3 Å². The Morgan fingerprint density at radius 1 is 0.867 bits per heavy atom. The molecule has 0 radical (unpaired) electrons. The maximum absolute atomic E-state index is 12.5. The first-order chi connectivity index (χ1) is 14.4. The van der Waals surface area contributed by atoms with E-state index in [1.165, 1.54) is 7.11 Å². The van der Waals surface area contributed by atoms with Gasteiger partial charge in [0.05, 0.1) is 19.2 Å². The molecule has 0 saturated carbocycles. The Morgan fingerprint density at radius 2 is 1.50 bits per heavy atom. The largest absolute Gasteiger partial charge is 0.465 e. The molecule has 0 unspecified atom stereocenters. The van der Waals surface area contributed by atoms with Crippen molar-refractivity contribution in [3.8, 4) is 0 Å². The predicted molar refractivity (Wildman–Crippen MR) is 104 cm³/mol. The van der Waals surface area contributed by atoms with Crippen molar-refractivity contribution in [2.45, 2.75) is 13.1 Å². The van der Waals surface area contributed by atoms with Crippen LogP contribution >= 0.6 is 0 Å². The molecule has 1 aliphatic heterocycles. The van der Waals surface area contributed by atoms with Crippen LogP contribution in [0.1, 0.15) is 21.5 Å². The first-order valence-electron chi connectivity index (χ1n) is 9.06. The molecule has 9 nitrogen and oxygen atoms in total. The quantitative estimate of drug-likeness (QED) is 0.416. The van der Waals surface area contributed by atoms with E-state index in [9.17, 15) is 24.0 Å². The molecule has 0 spiro atoms. The van der Waals surface area contributed by atoms with E-state index in [0.29, 0.717) is 21.6 Å². The number of carbonyl (C=O) groups excluding carboxylic acids is 5. The lowest BCUT2D eigenvalue weighted by Crippen LogP contribution is -2.41. The van der Waals surface area contributed by atoms with E-state index in [4.69, 9.17) is 0 Å². The van der Waals surface area contributed by atoms with E-state index in [1.807, 2.05) is 0 Å². The van der Waals surface area contributed by atoms with E-state index in [1.54, 1.807) is 54.6 Å². The lowest BCUT2D eigenvalue weighted by atomic mass is 10.1. The first-order valence-corrected chi connectivity index (χ1v) is 9.06. The van der Waals surface area contributed by atoms with Gasteiger partial charge in [-0.1, -0.05) is 42.5 Å². The molecule has 1 aliphatic rings. The van der Waals surface area contributed by atoms with E-state index in [0.717, 1.165) is 4.90 Å². The van der Waals surface area contributed by atoms with E-state index >= 15 is 0 Å². The minimum absolute atomic E-state index is 0.0467. The second-order valence-corrected chi connectivity index (χ2v) is 6.52. The summed E-state index contributed by atoms with van der Waals surface area (Å²) in [4.78, 5) is 61.8. The van der Waals surface area contributed by atoms with Crippen LogP contribution < -0.4 is 5.32 Å². The van der Waals surface area contributed by atoms with Gasteiger partial charge in [-0.25, -0.2) is 14.5 Å². The zero-order valence-electron chi connectivity index (χ0n) is 16.2. The van der Waals surface area contributed by atoms with E-state index < -0.39 is 36.3 Å². The number of methoxy groups -OCH3 is 1. The van der Waals surface area contributed by atoms with Gasteiger partial charge in [0.2, 0.25) is 5.91 Å². The number of urea groups is 1. The fourth-order valence-corrected chi connectivity index (χ4v) is 2.87. The molecule has 2 aromatic rings. The summed E-state index contributed by atoms with van der Waals surface area (Å²) >= 11 is 0. The Bertz CT molecular complexity index is 988. The maximum Gasteiger partial charge on any atom is 0.337 e. The fourth-order valence-electron chi connectivity index (χ4n) is 2.87. The Hall–Kier alpha value is -4.01. The highest BCUT2D eigenvalue weighted by Crippen LogP contribution is 2.15. The number of nitrogens with zero attached hydrogens (tertiary/aromatic N) is 2. The van der Waals surface area contributed by atoms with Crippen LogP contribution in [0.5, 0.6) is 0 Å². The first kappa shape index (κ1) is 20.7. The summed E-state index contributed by atoms with van der Waals surface area (Å²) in [5, 5.41) is 2.58. The zero-order valence-corrected chi connectivity index (χ0v) is 16.2. The van der Waals surface area contributed by atoms with Gasteiger partial charge in [0.25, 0.3) is 0 Å². The average Bonchev–Trinajstić information content (AvgIpc) is 2.96. The van der Waals surface area contributed by atoms with Crippen LogP contribution in [0.15, 0.2) is 54.6 Å². The average molecular weight is 409 g/mol. The van der Waals surface area contributed by atoms with Crippen molar-refractivity contribution in [1.29, 1.82) is 0 Å². The van der Waals surface area contributed by atoms with Gasteiger partial charge in [-0.05, 0) is 23.3 Å². The standard InChI is InChI=1S/C21H19N3O6/c1-30-20(28)16-9-7-14(8-10-16)11-22-17(25)13-24-19(27)18(26)23(21(24)29)12-15-5-3-2-4-6-15/h2-10H,11-13H2,1H3,(H,22,25). The van der Waals surface area contributed by atoms with Crippen molar-refractivity contribution in [2.24, 2.45) is 0 Å². The molecule has 0 atom stereocenters. The van der Waals surface area contributed by atoms with Crippen LogP contribution in [0.4, 0.5) is 4.79 Å². The minimum atomic E-state index is -1.03. The number of amides is 5. The molecule has 1 fully saturated rings. The van der Waals surface area contributed by atoms with Crippen LogP contribution in [-0.4, -0.2) is 53.2 Å². The second-order valence-electron chi connectivity index (χ2n) is 6.52. The van der Waals surface area contributed by atoms with Crippen LogP contribution in [-0.2, 0) is 32.2 Å². The lowest BCUT2D eigenvalue weighted by Gasteiger charge is -2.15. The van der Waals surface area contributed by atoms with Crippen LogP contribution in [0.3, 0.4) is 0 Å². The van der Waals surface area contributed by atoms with Crippen LogP contribution in [0.2, 0.25) is 0 Å². The molecule has 9 heteroatoms. The maximum atomic E-state index is 12.5. The summed E-state index contributed by atoms with van der Waals surface area (Å²) in [7, 11) is 1.28. The number of benzene rings is 2. The van der Waals surface area contributed by atoms with Crippen molar-refractivity contribution in [3.63, 3.8) is 0 Å². The molecule has 1 N–H and O–H groups in total. The van der Waals surface area contributed by atoms with Crippen molar-refractivity contribution < 1.29 is 28.7 Å². The molecule has 154 valence electrons. The minimum Gasteiger partial charge on any atom is -0.465 e. The zero-order chi connectivity index (χ0) is 21.7. The number of imide groups is 2. The third-order valence-corrected chi connectivity index (χ3v) is 4.49. The van der Waals surface area contributed by atoms with Gasteiger partial charge < -0.3 is 10.1 Å². The molecule has 5 amide bonds. The Labute approximate surface area is 172 Å². The summed E-state index contributed by atoms with van der Waals surface area (Å²) in [5.41, 5.74) is 1.77. The SMILES string of the molecule is COC(=O)c1ccc(CNC(=O)CN2C(=O)C(=O)N(Cc3ccccc3)C2=O)cc1. The summed E-state index contributed by atoms with van der Waals surface area (Å²) in [6, 6.07) is 14.3. The van der Waals surface area contributed by atoms with Gasteiger partial charge in [-0.2, -0.15) is 0 Å². The third-order valence-electron chi connectivity index (χ3n) is 4.49. The highest BCUT2D eigenvalue weighted by Gasteiger charge is 2.45. The molecule has 0 aliphatic carbocycles. The highest BCUT2D eigenvalue weighted by molar-refractivity contribution is 6.44. The fraction of sp³-hybridized carbons (Fsp3) is 0.190.